The van der Waals surface area contributed by atoms with Crippen LogP contribution >= 0.6 is 12.4 Å². The third-order valence-corrected chi connectivity index (χ3v) is 2.28. The molecule has 3 N–H and O–H groups in total. The van der Waals surface area contributed by atoms with Gasteiger partial charge in [0.15, 0.2) is 11.6 Å². The van der Waals surface area contributed by atoms with E-state index in [1.54, 1.807) is 6.92 Å². The minimum Gasteiger partial charge on any atom is -0.505 e. The van der Waals surface area contributed by atoms with Gasteiger partial charge in [-0.05, 0) is 18.6 Å². The smallest absolute Gasteiger partial charge is 0.416 e. The van der Waals surface area contributed by atoms with Gasteiger partial charge < -0.3 is 10.8 Å². The first-order valence-corrected chi connectivity index (χ1v) is 4.63. The monoisotopic (exact) mass is 273 g/mol. The van der Waals surface area contributed by atoms with Crippen molar-refractivity contribution in [2.75, 3.05) is 0 Å². The number of phenolic OH excluding ortho intramolecular Hbond substituents is 1. The van der Waals surface area contributed by atoms with Crippen LogP contribution in [0.5, 0.6) is 5.75 Å². The van der Waals surface area contributed by atoms with Crippen LogP contribution in [0.1, 0.15) is 30.5 Å². The predicted molar refractivity (Wildman–Crippen MR) is 57.5 cm³/mol. The summed E-state index contributed by atoms with van der Waals surface area (Å²) < 4.78 is 50.7. The molecule has 1 aromatic carbocycles. The molecule has 7 heteroatoms. The van der Waals surface area contributed by atoms with Gasteiger partial charge in [0.05, 0.1) is 5.56 Å². The van der Waals surface area contributed by atoms with Crippen LogP contribution < -0.4 is 5.73 Å². The van der Waals surface area contributed by atoms with E-state index in [2.05, 4.69) is 0 Å². The largest absolute Gasteiger partial charge is 0.505 e. The van der Waals surface area contributed by atoms with Crippen LogP contribution in [0, 0.1) is 5.82 Å². The van der Waals surface area contributed by atoms with Crippen molar-refractivity contribution in [2.45, 2.75) is 25.6 Å². The van der Waals surface area contributed by atoms with Crippen LogP contribution in [0.3, 0.4) is 0 Å². The first kappa shape index (κ1) is 16.0. The molecule has 0 unspecified atom stereocenters. The van der Waals surface area contributed by atoms with Crippen molar-refractivity contribution in [2.24, 2.45) is 5.73 Å². The zero-order valence-corrected chi connectivity index (χ0v) is 9.70. The highest BCUT2D eigenvalue weighted by Crippen LogP contribution is 2.40. The van der Waals surface area contributed by atoms with Crippen molar-refractivity contribution in [3.05, 3.63) is 29.1 Å². The molecular weight excluding hydrogens is 262 g/mol. The van der Waals surface area contributed by atoms with E-state index in [-0.39, 0.29) is 18.8 Å². The van der Waals surface area contributed by atoms with Crippen LogP contribution in [-0.2, 0) is 6.18 Å². The quantitative estimate of drug-likeness (QED) is 0.812. The number of phenols is 1. The fourth-order valence-corrected chi connectivity index (χ4v) is 1.41. The predicted octanol–water partition coefficient (Wildman–Crippen LogP) is 3.38. The van der Waals surface area contributed by atoms with Gasteiger partial charge >= 0.3 is 6.18 Å². The van der Waals surface area contributed by atoms with Crippen molar-refractivity contribution in [1.29, 1.82) is 0 Å². The molecule has 0 spiro atoms. The molecular formula is C10H12ClF4NO. The summed E-state index contributed by atoms with van der Waals surface area (Å²) in [6.45, 7) is 1.55. The third-order valence-electron chi connectivity index (χ3n) is 2.28. The van der Waals surface area contributed by atoms with E-state index in [4.69, 9.17) is 5.73 Å². The fourth-order valence-electron chi connectivity index (χ4n) is 1.41. The highest BCUT2D eigenvalue weighted by atomic mass is 35.5. The molecule has 2 nitrogen and oxygen atoms in total. The van der Waals surface area contributed by atoms with Gasteiger partial charge in [-0.25, -0.2) is 4.39 Å². The first-order chi connectivity index (χ1) is 7.29. The molecule has 0 aromatic heterocycles. The van der Waals surface area contributed by atoms with Crippen molar-refractivity contribution >= 4 is 12.4 Å². The number of aromatic hydroxyl groups is 1. The summed E-state index contributed by atoms with van der Waals surface area (Å²) in [4.78, 5) is 0. The van der Waals surface area contributed by atoms with E-state index in [0.717, 1.165) is 0 Å². The van der Waals surface area contributed by atoms with Crippen molar-refractivity contribution in [3.63, 3.8) is 0 Å². The molecule has 0 aliphatic carbocycles. The summed E-state index contributed by atoms with van der Waals surface area (Å²) in [7, 11) is 0. The first-order valence-electron chi connectivity index (χ1n) is 4.63. The van der Waals surface area contributed by atoms with Crippen LogP contribution in [0.4, 0.5) is 17.6 Å². The summed E-state index contributed by atoms with van der Waals surface area (Å²) in [6.07, 6.45) is -4.49. The van der Waals surface area contributed by atoms with E-state index in [9.17, 15) is 22.7 Å². The molecule has 0 aliphatic rings. The number of hydrogen-bond acceptors (Lipinski definition) is 2. The van der Waals surface area contributed by atoms with E-state index >= 15 is 0 Å². The average Bonchev–Trinajstić information content (AvgIpc) is 2.19. The molecule has 0 heterocycles. The third kappa shape index (κ3) is 3.23. The molecule has 98 valence electrons. The lowest BCUT2D eigenvalue weighted by Gasteiger charge is -2.18. The highest BCUT2D eigenvalue weighted by Gasteiger charge is 2.36. The van der Waals surface area contributed by atoms with Crippen LogP contribution in [-0.4, -0.2) is 5.11 Å². The Morgan fingerprint density at radius 2 is 1.88 bits per heavy atom. The summed E-state index contributed by atoms with van der Waals surface area (Å²) in [6, 6.07) is 0.108. The zero-order chi connectivity index (χ0) is 12.5. The molecule has 0 aliphatic heterocycles. The lowest BCUT2D eigenvalue weighted by molar-refractivity contribution is -0.138. The van der Waals surface area contributed by atoms with E-state index in [1.807, 2.05) is 0 Å². The lowest BCUT2D eigenvalue weighted by Crippen LogP contribution is -2.17. The Labute approximate surface area is 102 Å². The number of hydrogen-bond donors (Lipinski definition) is 2. The van der Waals surface area contributed by atoms with E-state index in [1.165, 1.54) is 0 Å². The summed E-state index contributed by atoms with van der Waals surface area (Å²) >= 11 is 0. The van der Waals surface area contributed by atoms with Crippen LogP contribution in [0.15, 0.2) is 12.1 Å². The maximum Gasteiger partial charge on any atom is 0.416 e. The molecule has 0 saturated carbocycles. The Morgan fingerprint density at radius 1 is 1.35 bits per heavy atom. The second kappa shape index (κ2) is 5.55. The van der Waals surface area contributed by atoms with Crippen LogP contribution in [0.25, 0.3) is 0 Å². The van der Waals surface area contributed by atoms with Gasteiger partial charge in [-0.15, -0.1) is 12.4 Å². The Hall–Kier alpha value is -1.01. The molecule has 0 radical (unpaired) electrons. The minimum absolute atomic E-state index is 0. The SMILES string of the molecule is CC[C@@H](N)c1c(C(F)(F)F)ccc(F)c1O.Cl. The molecule has 1 rings (SSSR count). The minimum atomic E-state index is -4.66. The number of rotatable bonds is 2. The van der Waals surface area contributed by atoms with Gasteiger partial charge in [0.1, 0.15) is 0 Å². The average molecular weight is 274 g/mol. The standard InChI is InChI=1S/C10H11F4NO.ClH/c1-2-7(15)8-5(10(12,13)14)3-4-6(11)9(8)16;/h3-4,7,16H,2,15H2,1H3;1H/t7-;/m1./s1. The van der Waals surface area contributed by atoms with E-state index < -0.39 is 34.9 Å². The molecule has 0 saturated heterocycles. The molecule has 1 aromatic rings. The van der Waals surface area contributed by atoms with Crippen molar-refractivity contribution in [3.8, 4) is 5.75 Å². The molecule has 0 bridgehead atoms. The maximum atomic E-state index is 13.0. The molecule has 0 fully saturated rings. The van der Waals surface area contributed by atoms with Gasteiger partial charge in [-0.3, -0.25) is 0 Å². The topological polar surface area (TPSA) is 46.2 Å². The second-order valence-corrected chi connectivity index (χ2v) is 3.37. The van der Waals surface area contributed by atoms with Gasteiger partial charge in [0.25, 0.3) is 0 Å². The summed E-state index contributed by atoms with van der Waals surface area (Å²) in [5.41, 5.74) is 3.75. The highest BCUT2D eigenvalue weighted by molar-refractivity contribution is 5.85. The Morgan fingerprint density at radius 3 is 2.29 bits per heavy atom. The number of nitrogens with two attached hydrogens (primary N) is 1. The number of halogens is 5. The van der Waals surface area contributed by atoms with Gasteiger partial charge in [-0.2, -0.15) is 13.2 Å². The van der Waals surface area contributed by atoms with Gasteiger partial charge in [-0.1, -0.05) is 6.92 Å². The van der Waals surface area contributed by atoms with Crippen LogP contribution in [0.2, 0.25) is 0 Å². The second-order valence-electron chi connectivity index (χ2n) is 3.37. The Kier molecular flexibility index (Phi) is 5.22. The Balaban J connectivity index is 0.00000256. The normalized spacial score (nSPS) is 13.1. The Bertz CT molecular complexity index is 395. The number of benzene rings is 1. The number of alkyl halides is 3. The fraction of sp³-hybridized carbons (Fsp3) is 0.400. The van der Waals surface area contributed by atoms with Crippen molar-refractivity contribution < 1.29 is 22.7 Å². The summed E-state index contributed by atoms with van der Waals surface area (Å²) in [5, 5.41) is 9.29. The van der Waals surface area contributed by atoms with Gasteiger partial charge in [0.2, 0.25) is 0 Å². The van der Waals surface area contributed by atoms with E-state index in [0.29, 0.717) is 12.1 Å². The van der Waals surface area contributed by atoms with Gasteiger partial charge in [0, 0.05) is 11.6 Å². The maximum absolute atomic E-state index is 13.0. The zero-order valence-electron chi connectivity index (χ0n) is 8.88. The molecule has 1 atom stereocenters. The molecule has 0 amide bonds. The lowest BCUT2D eigenvalue weighted by atomic mass is 9.97. The summed E-state index contributed by atoms with van der Waals surface area (Å²) in [5.74, 6) is -2.13. The molecule has 17 heavy (non-hydrogen) atoms. The van der Waals surface area contributed by atoms with Crippen molar-refractivity contribution in [1.82, 2.24) is 0 Å².